The van der Waals surface area contributed by atoms with Crippen LogP contribution in [0.4, 0.5) is 5.69 Å². The van der Waals surface area contributed by atoms with E-state index in [1.807, 2.05) is 0 Å². The minimum absolute atomic E-state index is 0. The average molecular weight is 405 g/mol. The van der Waals surface area contributed by atoms with Crippen molar-refractivity contribution in [2.45, 2.75) is 38.1 Å². The third-order valence-electron chi connectivity index (χ3n) is 5.19. The number of aryl methyl sites for hydroxylation is 1. The summed E-state index contributed by atoms with van der Waals surface area (Å²) in [4.78, 5) is 24.2. The lowest BCUT2D eigenvalue weighted by atomic mass is 9.65. The Morgan fingerprint density at radius 2 is 1.96 bits per heavy atom. The first-order chi connectivity index (χ1) is 10.5. The van der Waals surface area contributed by atoms with E-state index in [4.69, 9.17) is 5.73 Å². The first-order valence-corrected chi connectivity index (χ1v) is 8.67. The van der Waals surface area contributed by atoms with Crippen LogP contribution in [0.2, 0.25) is 0 Å². The zero-order valence-corrected chi connectivity index (χ0v) is 15.5. The number of pyridine rings is 1. The molecule has 1 aromatic heterocycles. The molecular weight excluding hydrogens is 382 g/mol. The lowest BCUT2D eigenvalue weighted by Gasteiger charge is -2.43. The van der Waals surface area contributed by atoms with Gasteiger partial charge in [0.25, 0.3) is 5.56 Å². The van der Waals surface area contributed by atoms with Crippen molar-refractivity contribution in [1.82, 2.24) is 4.57 Å². The Kier molecular flexibility index (Phi) is 5.92. The second-order valence-corrected chi connectivity index (χ2v) is 7.53. The molecule has 2 fully saturated rings. The van der Waals surface area contributed by atoms with E-state index in [1.165, 1.54) is 11.0 Å². The predicted molar refractivity (Wildman–Crippen MR) is 96.8 cm³/mol. The average Bonchev–Trinajstić information content (AvgIpc) is 2.44. The van der Waals surface area contributed by atoms with Gasteiger partial charge in [-0.05, 0) is 59.5 Å². The topological polar surface area (TPSA) is 77.1 Å². The number of fused-ring (bicyclic) bond motifs is 2. The monoisotopic (exact) mass is 403 g/mol. The maximum Gasteiger partial charge on any atom is 0.264 e. The van der Waals surface area contributed by atoms with Crippen LogP contribution in [0.5, 0.6) is 0 Å². The molecule has 2 unspecified atom stereocenters. The number of nitrogens with two attached hydrogens (primary N) is 1. The molecule has 1 aromatic rings. The van der Waals surface area contributed by atoms with Crippen LogP contribution < -0.4 is 16.6 Å². The molecule has 128 valence electrons. The van der Waals surface area contributed by atoms with E-state index < -0.39 is 0 Å². The Morgan fingerprint density at radius 1 is 1.35 bits per heavy atom. The van der Waals surface area contributed by atoms with Gasteiger partial charge in [0.1, 0.15) is 0 Å². The van der Waals surface area contributed by atoms with E-state index in [0.717, 1.165) is 25.7 Å². The third-order valence-corrected chi connectivity index (χ3v) is 5.76. The molecule has 23 heavy (non-hydrogen) atoms. The highest BCUT2D eigenvalue weighted by Crippen LogP contribution is 2.42. The molecule has 2 atom stereocenters. The first-order valence-electron chi connectivity index (χ1n) is 7.88. The molecule has 2 bridgehead atoms. The Hall–Kier alpha value is -0.850. The maximum absolute atomic E-state index is 12.6. The van der Waals surface area contributed by atoms with Gasteiger partial charge in [-0.15, -0.1) is 12.4 Å². The van der Waals surface area contributed by atoms with E-state index >= 15 is 0 Å². The number of carbonyl (C=O) groups excluding carboxylic acids is 1. The van der Waals surface area contributed by atoms with E-state index in [-0.39, 0.29) is 35.8 Å². The zero-order valence-electron chi connectivity index (χ0n) is 13.1. The van der Waals surface area contributed by atoms with E-state index in [0.29, 0.717) is 22.0 Å². The van der Waals surface area contributed by atoms with Gasteiger partial charge in [0.2, 0.25) is 5.91 Å². The van der Waals surface area contributed by atoms with Crippen molar-refractivity contribution in [3.8, 4) is 0 Å². The lowest BCUT2D eigenvalue weighted by Crippen LogP contribution is -2.48. The molecular formula is C16H23BrClN3O2. The molecule has 0 saturated heterocycles. The molecule has 5 nitrogen and oxygen atoms in total. The second kappa shape index (κ2) is 7.36. The summed E-state index contributed by atoms with van der Waals surface area (Å²) in [7, 11) is 1.67. The van der Waals surface area contributed by atoms with Crippen molar-refractivity contribution in [3.63, 3.8) is 0 Å². The molecule has 3 rings (SSSR count). The van der Waals surface area contributed by atoms with Crippen molar-refractivity contribution >= 4 is 39.9 Å². The second-order valence-electron chi connectivity index (χ2n) is 6.68. The largest absolute Gasteiger partial charge is 0.327 e. The highest BCUT2D eigenvalue weighted by molar-refractivity contribution is 9.10. The van der Waals surface area contributed by atoms with Gasteiger partial charge in [0.05, 0.1) is 10.2 Å². The quantitative estimate of drug-likeness (QED) is 0.795. The summed E-state index contributed by atoms with van der Waals surface area (Å²) in [5.41, 5.74) is 6.82. The van der Waals surface area contributed by atoms with Crippen molar-refractivity contribution in [3.05, 3.63) is 27.1 Å². The SMILES string of the molecule is Cl.Cn1cc(NC(=O)C2CC3CCCC(C2)C3N)cc(Br)c1=O. The van der Waals surface area contributed by atoms with Crippen LogP contribution in [0.1, 0.15) is 32.1 Å². The van der Waals surface area contributed by atoms with Crippen LogP contribution in [0.25, 0.3) is 0 Å². The van der Waals surface area contributed by atoms with Crippen LogP contribution >= 0.6 is 28.3 Å². The van der Waals surface area contributed by atoms with Gasteiger partial charge in [0.15, 0.2) is 0 Å². The van der Waals surface area contributed by atoms with Crippen molar-refractivity contribution in [1.29, 1.82) is 0 Å². The van der Waals surface area contributed by atoms with E-state index in [9.17, 15) is 9.59 Å². The molecule has 1 heterocycles. The van der Waals surface area contributed by atoms with Gasteiger partial charge in [-0.1, -0.05) is 6.42 Å². The number of anilines is 1. The number of aromatic nitrogens is 1. The molecule has 0 radical (unpaired) electrons. The molecule has 2 saturated carbocycles. The number of hydrogen-bond donors (Lipinski definition) is 2. The summed E-state index contributed by atoms with van der Waals surface area (Å²) in [5, 5.41) is 2.96. The highest BCUT2D eigenvalue weighted by atomic mass is 79.9. The maximum atomic E-state index is 12.6. The predicted octanol–water partition coefficient (Wildman–Crippen LogP) is 2.66. The molecule has 1 amide bonds. The smallest absolute Gasteiger partial charge is 0.264 e. The number of rotatable bonds is 2. The summed E-state index contributed by atoms with van der Waals surface area (Å²) in [5.74, 6) is 1.05. The zero-order chi connectivity index (χ0) is 15.9. The Morgan fingerprint density at radius 3 is 2.52 bits per heavy atom. The highest BCUT2D eigenvalue weighted by Gasteiger charge is 2.40. The van der Waals surface area contributed by atoms with Gasteiger partial charge < -0.3 is 15.6 Å². The fraction of sp³-hybridized carbons (Fsp3) is 0.625. The Labute approximate surface area is 150 Å². The summed E-state index contributed by atoms with van der Waals surface area (Å²) in [6.45, 7) is 0. The number of nitrogens with zero attached hydrogens (tertiary/aromatic N) is 1. The molecule has 3 N–H and O–H groups in total. The van der Waals surface area contributed by atoms with Gasteiger partial charge in [-0.3, -0.25) is 9.59 Å². The van der Waals surface area contributed by atoms with Crippen LogP contribution in [0.3, 0.4) is 0 Å². The fourth-order valence-corrected chi connectivity index (χ4v) is 4.51. The minimum atomic E-state index is -0.115. The molecule has 0 spiro atoms. The van der Waals surface area contributed by atoms with Crippen LogP contribution in [0, 0.1) is 17.8 Å². The van der Waals surface area contributed by atoms with E-state index in [2.05, 4.69) is 21.2 Å². The van der Waals surface area contributed by atoms with Gasteiger partial charge in [-0.2, -0.15) is 0 Å². The first kappa shape index (κ1) is 18.5. The van der Waals surface area contributed by atoms with Crippen LogP contribution in [-0.4, -0.2) is 16.5 Å². The van der Waals surface area contributed by atoms with Gasteiger partial charge in [0, 0.05) is 25.2 Å². The molecule has 0 aliphatic heterocycles. The van der Waals surface area contributed by atoms with Gasteiger partial charge in [-0.25, -0.2) is 0 Å². The molecule has 2 aliphatic carbocycles. The fourth-order valence-electron chi connectivity index (χ4n) is 3.99. The van der Waals surface area contributed by atoms with Crippen LogP contribution in [0.15, 0.2) is 21.5 Å². The number of hydrogen-bond acceptors (Lipinski definition) is 3. The Bertz CT molecular complexity index is 608. The number of carbonyl (C=O) groups is 1. The van der Waals surface area contributed by atoms with Gasteiger partial charge >= 0.3 is 0 Å². The molecule has 2 aliphatic rings. The molecule has 7 heteroatoms. The Balaban J connectivity index is 0.00000192. The van der Waals surface area contributed by atoms with Crippen molar-refractivity contribution < 1.29 is 4.79 Å². The van der Waals surface area contributed by atoms with Crippen molar-refractivity contribution in [2.24, 2.45) is 30.5 Å². The number of nitrogens with one attached hydrogen (secondary N) is 1. The van der Waals surface area contributed by atoms with Crippen LogP contribution in [-0.2, 0) is 11.8 Å². The third kappa shape index (κ3) is 3.80. The standard InChI is InChI=1S/C16H22BrN3O2.ClH/c1-20-8-12(7-13(17)16(20)22)19-15(21)11-5-9-3-2-4-10(6-11)14(9)18;/h7-11,14H,2-6,18H2,1H3,(H,19,21);1H. The normalized spacial score (nSPS) is 29.5. The number of amides is 1. The lowest BCUT2D eigenvalue weighted by molar-refractivity contribution is -0.122. The number of halogens is 2. The minimum Gasteiger partial charge on any atom is -0.327 e. The summed E-state index contributed by atoms with van der Waals surface area (Å²) in [6, 6.07) is 1.93. The van der Waals surface area contributed by atoms with Crippen molar-refractivity contribution in [2.75, 3.05) is 5.32 Å². The molecule has 0 aromatic carbocycles. The summed E-state index contributed by atoms with van der Waals surface area (Å²) in [6.07, 6.45) is 6.96. The van der Waals surface area contributed by atoms with E-state index in [1.54, 1.807) is 19.3 Å². The summed E-state index contributed by atoms with van der Waals surface area (Å²) < 4.78 is 1.92. The summed E-state index contributed by atoms with van der Waals surface area (Å²) >= 11 is 3.23.